The molecule has 0 fully saturated rings. The number of para-hydroxylation sites is 1. The first-order chi connectivity index (χ1) is 12.2. The Balaban J connectivity index is 2.07. The van der Waals surface area contributed by atoms with Gasteiger partial charge in [-0.05, 0) is 24.7 Å². The van der Waals surface area contributed by atoms with E-state index in [1.807, 2.05) is 103 Å². The van der Waals surface area contributed by atoms with Crippen molar-refractivity contribution in [2.45, 2.75) is 6.92 Å². The molecule has 0 saturated carbocycles. The van der Waals surface area contributed by atoms with E-state index in [1.54, 1.807) is 0 Å². The van der Waals surface area contributed by atoms with E-state index in [9.17, 15) is 4.57 Å². The van der Waals surface area contributed by atoms with Crippen LogP contribution in [0.4, 0.5) is 5.69 Å². The van der Waals surface area contributed by atoms with Crippen molar-refractivity contribution < 1.29 is 4.57 Å². The van der Waals surface area contributed by atoms with Crippen LogP contribution >= 0.6 is 7.14 Å². The molecule has 3 rings (SSSR count). The molecule has 0 aliphatic carbocycles. The highest BCUT2D eigenvalue weighted by atomic mass is 31.2. The fourth-order valence-electron chi connectivity index (χ4n) is 2.62. The highest BCUT2D eigenvalue weighted by Gasteiger charge is 2.24. The highest BCUT2D eigenvalue weighted by Crippen LogP contribution is 2.41. The third-order valence-corrected chi connectivity index (χ3v) is 6.43. The first-order valence-electron chi connectivity index (χ1n) is 8.31. The number of hydrogen-bond donors (Lipinski definition) is 0. The van der Waals surface area contributed by atoms with Gasteiger partial charge in [0, 0.05) is 28.9 Å². The van der Waals surface area contributed by atoms with Gasteiger partial charge in [-0.1, -0.05) is 78.9 Å². The van der Waals surface area contributed by atoms with Gasteiger partial charge in [-0.3, -0.25) is 4.57 Å². The Morgan fingerprint density at radius 2 is 1.20 bits per heavy atom. The van der Waals surface area contributed by atoms with E-state index in [1.165, 1.54) is 0 Å². The third kappa shape index (κ3) is 3.85. The SMILES string of the molecule is CCN(C#CP(=O)(c1ccccc1)c1ccccc1)c1ccccc1. The van der Waals surface area contributed by atoms with Crippen molar-refractivity contribution >= 4 is 23.4 Å². The molecule has 124 valence electrons. The topological polar surface area (TPSA) is 20.3 Å². The molecule has 0 unspecified atom stereocenters. The molecular formula is C22H20NOP. The monoisotopic (exact) mass is 345 g/mol. The molecule has 0 radical (unpaired) electrons. The van der Waals surface area contributed by atoms with E-state index in [2.05, 4.69) is 11.7 Å². The number of anilines is 1. The molecule has 0 amide bonds. The molecular weight excluding hydrogens is 325 g/mol. The minimum atomic E-state index is -3.01. The van der Waals surface area contributed by atoms with Gasteiger partial charge < -0.3 is 4.90 Å². The van der Waals surface area contributed by atoms with Crippen LogP contribution in [0.1, 0.15) is 6.92 Å². The van der Waals surface area contributed by atoms with Gasteiger partial charge in [0.15, 0.2) is 0 Å². The van der Waals surface area contributed by atoms with Gasteiger partial charge in [0.1, 0.15) is 0 Å². The van der Waals surface area contributed by atoms with E-state index in [4.69, 9.17) is 0 Å². The Morgan fingerprint density at radius 1 is 0.760 bits per heavy atom. The van der Waals surface area contributed by atoms with Crippen LogP contribution in [0.3, 0.4) is 0 Å². The van der Waals surface area contributed by atoms with Crippen LogP contribution < -0.4 is 15.5 Å². The lowest BCUT2D eigenvalue weighted by Gasteiger charge is -2.17. The van der Waals surface area contributed by atoms with Crippen molar-refractivity contribution in [3.05, 3.63) is 91.0 Å². The van der Waals surface area contributed by atoms with E-state index in [-0.39, 0.29) is 0 Å². The maximum absolute atomic E-state index is 13.9. The number of hydrogen-bond acceptors (Lipinski definition) is 2. The summed E-state index contributed by atoms with van der Waals surface area (Å²) < 4.78 is 13.9. The molecule has 0 spiro atoms. The molecule has 25 heavy (non-hydrogen) atoms. The summed E-state index contributed by atoms with van der Waals surface area (Å²) in [5.74, 6) is 0. The highest BCUT2D eigenvalue weighted by molar-refractivity contribution is 7.83. The Hall–Kier alpha value is -2.75. The molecule has 0 atom stereocenters. The van der Waals surface area contributed by atoms with Gasteiger partial charge in [0.2, 0.25) is 7.14 Å². The van der Waals surface area contributed by atoms with Crippen LogP contribution in [-0.4, -0.2) is 6.54 Å². The lowest BCUT2D eigenvalue weighted by Crippen LogP contribution is -2.18. The molecule has 0 aliphatic rings. The summed E-state index contributed by atoms with van der Waals surface area (Å²) in [6.07, 6.45) is 0. The second-order valence-corrected chi connectivity index (χ2v) is 8.06. The van der Waals surface area contributed by atoms with E-state index >= 15 is 0 Å². The zero-order chi connectivity index (χ0) is 17.5. The molecule has 3 heteroatoms. The van der Waals surface area contributed by atoms with Gasteiger partial charge in [-0.2, -0.15) is 0 Å². The fraction of sp³-hybridized carbons (Fsp3) is 0.0909. The average Bonchev–Trinajstić information content (AvgIpc) is 2.70. The summed E-state index contributed by atoms with van der Waals surface area (Å²) in [4.78, 5) is 1.93. The van der Waals surface area contributed by atoms with Gasteiger partial charge in [-0.25, -0.2) is 0 Å². The summed E-state index contributed by atoms with van der Waals surface area (Å²) in [6.45, 7) is 2.76. The minimum absolute atomic E-state index is 0.723. The molecule has 0 aromatic heterocycles. The first kappa shape index (κ1) is 17.1. The molecule has 3 aromatic carbocycles. The maximum Gasteiger partial charge on any atom is 0.212 e. The maximum atomic E-state index is 13.9. The van der Waals surface area contributed by atoms with Crippen LogP contribution in [0.25, 0.3) is 0 Å². The van der Waals surface area contributed by atoms with Crippen LogP contribution in [0, 0.1) is 11.7 Å². The van der Waals surface area contributed by atoms with E-state index in [0.29, 0.717) is 0 Å². The van der Waals surface area contributed by atoms with Gasteiger partial charge in [-0.15, -0.1) is 0 Å². The number of nitrogens with zero attached hydrogens (tertiary/aromatic N) is 1. The normalized spacial score (nSPS) is 10.6. The number of benzene rings is 3. The van der Waals surface area contributed by atoms with Crippen molar-refractivity contribution in [2.24, 2.45) is 0 Å². The first-order valence-corrected chi connectivity index (χ1v) is 10.0. The van der Waals surface area contributed by atoms with Gasteiger partial charge in [0.05, 0.1) is 0 Å². The van der Waals surface area contributed by atoms with Crippen LogP contribution in [-0.2, 0) is 4.57 Å². The van der Waals surface area contributed by atoms with Crippen molar-refractivity contribution in [1.29, 1.82) is 0 Å². The summed E-state index contributed by atoms with van der Waals surface area (Å²) in [5.41, 5.74) is 4.11. The lowest BCUT2D eigenvalue weighted by atomic mass is 10.3. The molecule has 0 N–H and O–H groups in total. The van der Waals surface area contributed by atoms with Crippen LogP contribution in [0.15, 0.2) is 91.0 Å². The summed E-state index contributed by atoms with van der Waals surface area (Å²) >= 11 is 0. The molecule has 0 heterocycles. The predicted molar refractivity (Wildman–Crippen MR) is 107 cm³/mol. The predicted octanol–water partition coefficient (Wildman–Crippen LogP) is 4.45. The summed E-state index contributed by atoms with van der Waals surface area (Å²) in [5, 5.41) is 1.52. The Labute approximate surface area is 149 Å². The smallest absolute Gasteiger partial charge is 0.212 e. The Kier molecular flexibility index (Phi) is 5.39. The zero-order valence-corrected chi connectivity index (χ0v) is 15.1. The quantitative estimate of drug-likeness (QED) is 0.396. The van der Waals surface area contributed by atoms with E-state index in [0.717, 1.165) is 22.8 Å². The second kappa shape index (κ2) is 7.88. The summed E-state index contributed by atoms with van der Waals surface area (Å²) in [6, 6.07) is 32.1. The minimum Gasteiger partial charge on any atom is -0.301 e. The number of rotatable bonds is 4. The van der Waals surface area contributed by atoms with Crippen molar-refractivity contribution in [2.75, 3.05) is 11.4 Å². The molecule has 0 saturated heterocycles. The molecule has 0 bridgehead atoms. The van der Waals surface area contributed by atoms with Crippen LogP contribution in [0.2, 0.25) is 0 Å². The average molecular weight is 345 g/mol. The van der Waals surface area contributed by atoms with Gasteiger partial charge >= 0.3 is 0 Å². The zero-order valence-electron chi connectivity index (χ0n) is 14.2. The van der Waals surface area contributed by atoms with Crippen molar-refractivity contribution in [1.82, 2.24) is 0 Å². The molecule has 0 aliphatic heterocycles. The fourth-order valence-corrected chi connectivity index (χ4v) is 4.62. The lowest BCUT2D eigenvalue weighted by molar-refractivity contribution is 0.593. The molecule has 2 nitrogen and oxygen atoms in total. The molecule has 3 aromatic rings. The third-order valence-electron chi connectivity index (χ3n) is 3.97. The standard InChI is InChI=1S/C22H20NOP/c1-2-23(20-12-6-3-7-13-20)18-19-25(24,21-14-8-4-9-15-21)22-16-10-5-11-17-22/h3-17H,2H2,1H3. The Morgan fingerprint density at radius 3 is 1.64 bits per heavy atom. The van der Waals surface area contributed by atoms with Gasteiger partial charge in [0.25, 0.3) is 0 Å². The van der Waals surface area contributed by atoms with Crippen molar-refractivity contribution in [3.8, 4) is 11.7 Å². The van der Waals surface area contributed by atoms with Crippen molar-refractivity contribution in [3.63, 3.8) is 0 Å². The van der Waals surface area contributed by atoms with Crippen LogP contribution in [0.5, 0.6) is 0 Å². The summed E-state index contributed by atoms with van der Waals surface area (Å²) in [7, 11) is -3.01. The second-order valence-electron chi connectivity index (χ2n) is 5.58. The largest absolute Gasteiger partial charge is 0.301 e. The van der Waals surface area contributed by atoms with E-state index < -0.39 is 7.14 Å². The Bertz CT molecular complexity index is 868.